The van der Waals surface area contributed by atoms with Crippen LogP contribution >= 0.6 is 11.6 Å². The van der Waals surface area contributed by atoms with Crippen LogP contribution in [0, 0.1) is 26.2 Å². The number of piperidine rings is 1. The summed E-state index contributed by atoms with van der Waals surface area (Å²) < 4.78 is 36.9. The predicted octanol–water partition coefficient (Wildman–Crippen LogP) is 6.73. The molecular formula is C38H45ClN8O3S. The van der Waals surface area contributed by atoms with Crippen molar-refractivity contribution in [3.8, 4) is 11.4 Å². The average Bonchev–Trinajstić information content (AvgIpc) is 3.82. The first-order chi connectivity index (χ1) is 24.3. The molecule has 2 fully saturated rings. The number of anilines is 2. The number of hydrogen-bond donors (Lipinski definition) is 0. The zero-order valence-electron chi connectivity index (χ0n) is 30.4. The topological polar surface area (TPSA) is 111 Å². The van der Waals surface area contributed by atoms with Gasteiger partial charge >= 0.3 is 0 Å². The van der Waals surface area contributed by atoms with Gasteiger partial charge in [0.05, 0.1) is 33.6 Å². The van der Waals surface area contributed by atoms with Crippen LogP contribution in [-0.2, 0) is 34.8 Å². The Balaban J connectivity index is 1.27. The zero-order valence-corrected chi connectivity index (χ0v) is 31.9. The molecule has 51 heavy (non-hydrogen) atoms. The molecule has 1 aliphatic carbocycles. The van der Waals surface area contributed by atoms with Gasteiger partial charge in [0.15, 0.2) is 5.82 Å². The number of rotatable bonds is 7. The highest BCUT2D eigenvalue weighted by Gasteiger charge is 2.39. The second-order valence-corrected chi connectivity index (χ2v) is 17.4. The van der Waals surface area contributed by atoms with E-state index in [9.17, 15) is 8.42 Å². The van der Waals surface area contributed by atoms with Crippen LogP contribution in [0.4, 0.5) is 11.6 Å². The summed E-state index contributed by atoms with van der Waals surface area (Å²) in [5.41, 5.74) is 6.81. The Morgan fingerprint density at radius 3 is 2.37 bits per heavy atom. The van der Waals surface area contributed by atoms with E-state index in [-0.39, 0.29) is 16.4 Å². The molecule has 2 aromatic carbocycles. The third-order valence-corrected chi connectivity index (χ3v) is 12.9. The molecule has 0 amide bonds. The molecule has 1 unspecified atom stereocenters. The lowest BCUT2D eigenvalue weighted by Crippen LogP contribution is -2.50. The van der Waals surface area contributed by atoms with Gasteiger partial charge in [0.25, 0.3) is 10.0 Å². The Hall–Kier alpha value is -4.00. The smallest absolute Gasteiger partial charge is 0.283 e. The fraction of sp³-hybridized carbons (Fsp3) is 0.474. The Morgan fingerprint density at radius 2 is 1.69 bits per heavy atom. The second kappa shape index (κ2) is 12.3. The van der Waals surface area contributed by atoms with Crippen LogP contribution in [0.3, 0.4) is 0 Å². The molecule has 13 heteroatoms. The van der Waals surface area contributed by atoms with Crippen molar-refractivity contribution in [3.63, 3.8) is 0 Å². The quantitative estimate of drug-likeness (QED) is 0.180. The SMILES string of the molecule is COC1CCN(c2nc(-c3c(C)ccc4c3c(C)nn4S(=O)(=O)c3ccc(C)cc3)nc3c2CN(c2c(Cl)c(C4CC4)nn2C)CC3)CC1(C)C. The highest BCUT2D eigenvalue weighted by Crippen LogP contribution is 2.46. The van der Waals surface area contributed by atoms with Crippen molar-refractivity contribution in [2.24, 2.45) is 12.5 Å². The van der Waals surface area contributed by atoms with E-state index in [1.165, 1.54) is 0 Å². The molecule has 2 aliphatic heterocycles. The maximum Gasteiger partial charge on any atom is 0.283 e. The van der Waals surface area contributed by atoms with Gasteiger partial charge in [0.2, 0.25) is 0 Å². The van der Waals surface area contributed by atoms with E-state index in [1.807, 2.05) is 44.6 Å². The predicted molar refractivity (Wildman–Crippen MR) is 200 cm³/mol. The van der Waals surface area contributed by atoms with Crippen molar-refractivity contribution in [1.82, 2.24) is 28.9 Å². The van der Waals surface area contributed by atoms with Crippen LogP contribution in [0.15, 0.2) is 41.3 Å². The summed E-state index contributed by atoms with van der Waals surface area (Å²) in [6.07, 6.45) is 3.98. The van der Waals surface area contributed by atoms with Crippen molar-refractivity contribution in [3.05, 3.63) is 75.2 Å². The molecule has 3 aliphatic rings. The molecular weight excluding hydrogens is 684 g/mol. The maximum absolute atomic E-state index is 13.9. The molecule has 0 bridgehead atoms. The fourth-order valence-corrected chi connectivity index (χ4v) is 9.87. The number of fused-ring (bicyclic) bond motifs is 2. The first-order valence-corrected chi connectivity index (χ1v) is 19.6. The monoisotopic (exact) mass is 728 g/mol. The lowest BCUT2D eigenvalue weighted by molar-refractivity contribution is -0.00647. The van der Waals surface area contributed by atoms with Gasteiger partial charge < -0.3 is 14.5 Å². The molecule has 5 heterocycles. The molecule has 8 rings (SSSR count). The third-order valence-electron chi connectivity index (χ3n) is 11.0. The van der Waals surface area contributed by atoms with Crippen LogP contribution < -0.4 is 9.80 Å². The first-order valence-electron chi connectivity index (χ1n) is 17.7. The minimum absolute atomic E-state index is 0.109. The summed E-state index contributed by atoms with van der Waals surface area (Å²) in [6.45, 7) is 13.2. The van der Waals surface area contributed by atoms with E-state index >= 15 is 0 Å². The van der Waals surface area contributed by atoms with Gasteiger partial charge in [-0.1, -0.05) is 49.2 Å². The van der Waals surface area contributed by atoms with E-state index in [0.717, 1.165) is 98.7 Å². The third kappa shape index (κ3) is 5.70. The standard InChI is InChI=1S/C38H45ClN8O3S/c1-22-8-13-26(14-9-22)51(48,49)47-29-15-10-23(2)31(32(29)24(3)42-47)35-40-28-16-18-45(37-33(39)34(25-11-12-25)43-44(37)6)20-27(28)36(41-35)46-19-17-30(50-7)38(4,5)21-46/h8-10,13-15,25,30H,11-12,16-21H2,1-7H3. The van der Waals surface area contributed by atoms with E-state index in [1.54, 1.807) is 31.4 Å². The minimum Gasteiger partial charge on any atom is -0.381 e. The Bertz CT molecular complexity index is 2290. The molecule has 0 spiro atoms. The number of halogens is 1. The van der Waals surface area contributed by atoms with Gasteiger partial charge in [0.1, 0.15) is 16.7 Å². The van der Waals surface area contributed by atoms with Crippen molar-refractivity contribution >= 4 is 44.2 Å². The van der Waals surface area contributed by atoms with Gasteiger partial charge in [-0.25, -0.2) is 9.97 Å². The van der Waals surface area contributed by atoms with E-state index in [2.05, 4.69) is 28.7 Å². The van der Waals surface area contributed by atoms with Crippen LogP contribution in [0.2, 0.25) is 5.02 Å². The number of benzene rings is 2. The molecule has 0 radical (unpaired) electrons. The average molecular weight is 729 g/mol. The van der Waals surface area contributed by atoms with E-state index in [4.69, 9.17) is 31.4 Å². The van der Waals surface area contributed by atoms with Gasteiger partial charge in [-0.3, -0.25) is 4.68 Å². The Labute approximate surface area is 304 Å². The Morgan fingerprint density at radius 1 is 0.941 bits per heavy atom. The summed E-state index contributed by atoms with van der Waals surface area (Å²) in [6, 6.07) is 10.6. The van der Waals surface area contributed by atoms with Crippen LogP contribution in [-0.4, -0.2) is 70.2 Å². The molecule has 1 saturated carbocycles. The summed E-state index contributed by atoms with van der Waals surface area (Å²) in [4.78, 5) is 15.6. The first kappa shape index (κ1) is 34.1. The van der Waals surface area contributed by atoms with Crippen LogP contribution in [0.5, 0.6) is 0 Å². The highest BCUT2D eigenvalue weighted by molar-refractivity contribution is 7.90. The summed E-state index contributed by atoms with van der Waals surface area (Å²) in [5, 5.41) is 10.9. The highest BCUT2D eigenvalue weighted by atomic mass is 35.5. The van der Waals surface area contributed by atoms with E-state index in [0.29, 0.717) is 35.9 Å². The van der Waals surface area contributed by atoms with Gasteiger partial charge in [0, 0.05) is 74.6 Å². The number of ether oxygens (including phenoxy) is 1. The lowest BCUT2D eigenvalue weighted by Gasteiger charge is -2.45. The number of methoxy groups -OCH3 is 1. The maximum atomic E-state index is 13.9. The lowest BCUT2D eigenvalue weighted by atomic mass is 9.81. The van der Waals surface area contributed by atoms with Crippen LogP contribution in [0.1, 0.15) is 72.8 Å². The molecule has 5 aromatic rings. The number of aromatic nitrogens is 6. The normalized spacial score (nSPS) is 19.2. The zero-order chi connectivity index (χ0) is 36.0. The van der Waals surface area contributed by atoms with Crippen LogP contribution in [0.25, 0.3) is 22.3 Å². The fourth-order valence-electron chi connectivity index (χ4n) is 8.12. The Kier molecular flexibility index (Phi) is 8.23. The molecule has 1 saturated heterocycles. The van der Waals surface area contributed by atoms with Gasteiger partial charge in [-0.15, -0.1) is 0 Å². The summed E-state index contributed by atoms with van der Waals surface area (Å²) >= 11 is 7.02. The van der Waals surface area contributed by atoms with Crippen molar-refractivity contribution in [2.45, 2.75) is 83.8 Å². The molecule has 11 nitrogen and oxygen atoms in total. The molecule has 0 N–H and O–H groups in total. The van der Waals surface area contributed by atoms with Gasteiger partial charge in [-0.05, 0) is 63.8 Å². The summed E-state index contributed by atoms with van der Waals surface area (Å²) in [7, 11) is -0.179. The number of hydrogen-bond acceptors (Lipinski definition) is 9. The largest absolute Gasteiger partial charge is 0.381 e. The van der Waals surface area contributed by atoms with Crippen molar-refractivity contribution < 1.29 is 13.2 Å². The van der Waals surface area contributed by atoms with Gasteiger partial charge in [-0.2, -0.15) is 22.7 Å². The number of aryl methyl sites for hydroxylation is 4. The minimum atomic E-state index is -3.95. The van der Waals surface area contributed by atoms with Crippen molar-refractivity contribution in [2.75, 3.05) is 36.5 Å². The molecule has 3 aromatic heterocycles. The molecule has 268 valence electrons. The van der Waals surface area contributed by atoms with E-state index < -0.39 is 10.0 Å². The summed E-state index contributed by atoms with van der Waals surface area (Å²) in [5.74, 6) is 2.87. The molecule has 1 atom stereocenters. The number of nitrogens with zero attached hydrogens (tertiary/aromatic N) is 8. The second-order valence-electron chi connectivity index (χ2n) is 15.2. The van der Waals surface area contributed by atoms with Crippen molar-refractivity contribution in [1.29, 1.82) is 0 Å².